The molecular formula is C10H9F3N4O. The van der Waals surface area contributed by atoms with Crippen LogP contribution in [-0.2, 0) is 12.7 Å². The van der Waals surface area contributed by atoms with Gasteiger partial charge in [-0.3, -0.25) is 4.68 Å². The smallest absolute Gasteiger partial charge is 0.302 e. The van der Waals surface area contributed by atoms with E-state index < -0.39 is 17.6 Å². The highest BCUT2D eigenvalue weighted by molar-refractivity contribution is 5.56. The lowest BCUT2D eigenvalue weighted by molar-refractivity contribution is -0.141. The van der Waals surface area contributed by atoms with E-state index in [-0.39, 0.29) is 5.69 Å². The van der Waals surface area contributed by atoms with E-state index in [2.05, 4.69) is 10.1 Å². The zero-order valence-electron chi connectivity index (χ0n) is 9.32. The van der Waals surface area contributed by atoms with Crippen molar-refractivity contribution in [3.05, 3.63) is 34.6 Å². The molecule has 0 unspecified atom stereocenters. The van der Waals surface area contributed by atoms with Gasteiger partial charge in [-0.15, -0.1) is 0 Å². The lowest BCUT2D eigenvalue weighted by Gasteiger charge is -2.06. The van der Waals surface area contributed by atoms with Crippen molar-refractivity contribution in [2.45, 2.75) is 19.6 Å². The average Bonchev–Trinajstić information content (AvgIpc) is 2.75. The van der Waals surface area contributed by atoms with Gasteiger partial charge in [0.05, 0.1) is 11.9 Å². The van der Waals surface area contributed by atoms with Gasteiger partial charge in [0, 0.05) is 18.3 Å². The zero-order valence-corrected chi connectivity index (χ0v) is 9.32. The summed E-state index contributed by atoms with van der Waals surface area (Å²) in [6.07, 6.45) is -1.72. The van der Waals surface area contributed by atoms with E-state index in [1.54, 1.807) is 4.98 Å². The van der Waals surface area contributed by atoms with E-state index in [9.17, 15) is 18.0 Å². The fourth-order valence-electron chi connectivity index (χ4n) is 1.43. The molecule has 5 nitrogen and oxygen atoms in total. The molecule has 2 aromatic rings. The summed E-state index contributed by atoms with van der Waals surface area (Å²) in [4.78, 5) is 16.3. The molecule has 2 rings (SSSR count). The van der Waals surface area contributed by atoms with E-state index >= 15 is 0 Å². The Kier molecular flexibility index (Phi) is 2.93. The van der Waals surface area contributed by atoms with Crippen LogP contribution >= 0.6 is 0 Å². The van der Waals surface area contributed by atoms with Gasteiger partial charge in [-0.25, -0.2) is 4.79 Å². The van der Waals surface area contributed by atoms with Gasteiger partial charge in [0.15, 0.2) is 0 Å². The number of hydrogen-bond acceptors (Lipinski definition) is 3. The number of aromatic amines is 1. The minimum absolute atomic E-state index is 0.0502. The summed E-state index contributed by atoms with van der Waals surface area (Å²) in [5.41, 5.74) is -1.84. The van der Waals surface area contributed by atoms with Crippen LogP contribution in [0.3, 0.4) is 0 Å². The monoisotopic (exact) mass is 258 g/mol. The van der Waals surface area contributed by atoms with E-state index in [1.807, 2.05) is 6.92 Å². The van der Waals surface area contributed by atoms with Gasteiger partial charge < -0.3 is 4.98 Å². The third-order valence-electron chi connectivity index (χ3n) is 2.30. The van der Waals surface area contributed by atoms with Crippen LogP contribution in [0.1, 0.15) is 12.6 Å². The highest BCUT2D eigenvalue weighted by Crippen LogP contribution is 2.28. The topological polar surface area (TPSA) is 63.6 Å². The number of hydrogen-bond donors (Lipinski definition) is 1. The first-order valence-electron chi connectivity index (χ1n) is 5.11. The molecule has 0 saturated heterocycles. The Morgan fingerprint density at radius 3 is 2.72 bits per heavy atom. The van der Waals surface area contributed by atoms with Crippen molar-refractivity contribution in [2.75, 3.05) is 0 Å². The second-order valence-corrected chi connectivity index (χ2v) is 3.57. The van der Waals surface area contributed by atoms with Gasteiger partial charge in [-0.2, -0.15) is 23.3 Å². The zero-order chi connectivity index (χ0) is 13.3. The van der Waals surface area contributed by atoms with Crippen LogP contribution in [0.15, 0.2) is 23.3 Å². The maximum absolute atomic E-state index is 12.5. The third-order valence-corrected chi connectivity index (χ3v) is 2.30. The number of halogens is 3. The van der Waals surface area contributed by atoms with Gasteiger partial charge in [-0.1, -0.05) is 0 Å². The Balaban J connectivity index is 2.51. The number of rotatable bonds is 2. The molecule has 0 fully saturated rings. The SMILES string of the molecule is CCn1cc(-c2cc(C(F)(F)F)[nH]c(=O)n2)cn1. The molecule has 0 aromatic carbocycles. The molecule has 2 heterocycles. The Morgan fingerprint density at radius 2 is 2.17 bits per heavy atom. The van der Waals surface area contributed by atoms with Crippen LogP contribution in [-0.4, -0.2) is 19.7 Å². The van der Waals surface area contributed by atoms with Gasteiger partial charge in [0.2, 0.25) is 0 Å². The minimum Gasteiger partial charge on any atom is -0.302 e. The van der Waals surface area contributed by atoms with Crippen LogP contribution in [0.25, 0.3) is 11.3 Å². The number of aromatic nitrogens is 4. The molecule has 0 saturated carbocycles. The molecule has 0 amide bonds. The quantitative estimate of drug-likeness (QED) is 0.891. The highest BCUT2D eigenvalue weighted by atomic mass is 19.4. The van der Waals surface area contributed by atoms with Crippen LogP contribution in [0.5, 0.6) is 0 Å². The fraction of sp³-hybridized carbons (Fsp3) is 0.300. The summed E-state index contributed by atoms with van der Waals surface area (Å²) >= 11 is 0. The average molecular weight is 258 g/mol. The summed E-state index contributed by atoms with van der Waals surface area (Å²) in [5.74, 6) is 0. The molecule has 0 spiro atoms. The molecule has 8 heteroatoms. The lowest BCUT2D eigenvalue weighted by atomic mass is 10.2. The standard InChI is InChI=1S/C10H9F3N4O/c1-2-17-5-6(4-14-17)7-3-8(10(11,12)13)16-9(18)15-7/h3-5H,2H2,1H3,(H,15,16,18). The molecule has 0 aliphatic rings. The Bertz CT molecular complexity index is 614. The first kappa shape index (κ1) is 12.3. The first-order valence-corrected chi connectivity index (χ1v) is 5.11. The molecule has 18 heavy (non-hydrogen) atoms. The van der Waals surface area contributed by atoms with Gasteiger partial charge in [0.25, 0.3) is 0 Å². The Morgan fingerprint density at radius 1 is 1.44 bits per heavy atom. The fourth-order valence-corrected chi connectivity index (χ4v) is 1.43. The third kappa shape index (κ3) is 2.41. The van der Waals surface area contributed by atoms with E-state index in [4.69, 9.17) is 0 Å². The molecular weight excluding hydrogens is 249 g/mol. The normalized spacial score (nSPS) is 11.8. The molecule has 0 aliphatic carbocycles. The summed E-state index contributed by atoms with van der Waals surface area (Å²) in [6, 6.07) is 0.790. The van der Waals surface area contributed by atoms with Gasteiger partial charge >= 0.3 is 11.9 Å². The molecule has 0 aliphatic heterocycles. The first-order chi connectivity index (χ1) is 8.40. The maximum Gasteiger partial charge on any atom is 0.431 e. The molecule has 0 atom stereocenters. The highest BCUT2D eigenvalue weighted by Gasteiger charge is 2.32. The Hall–Kier alpha value is -2.12. The van der Waals surface area contributed by atoms with E-state index in [0.717, 1.165) is 6.07 Å². The molecule has 96 valence electrons. The minimum atomic E-state index is -4.61. The van der Waals surface area contributed by atoms with E-state index in [0.29, 0.717) is 12.1 Å². The Labute approximate surface area is 99.3 Å². The lowest BCUT2D eigenvalue weighted by Crippen LogP contribution is -2.19. The summed E-state index contributed by atoms with van der Waals surface area (Å²) in [6.45, 7) is 2.42. The van der Waals surface area contributed by atoms with Gasteiger partial charge in [-0.05, 0) is 13.0 Å². The van der Waals surface area contributed by atoms with Crippen LogP contribution in [0, 0.1) is 0 Å². The van der Waals surface area contributed by atoms with Crippen molar-refractivity contribution in [2.24, 2.45) is 0 Å². The predicted molar refractivity (Wildman–Crippen MR) is 56.8 cm³/mol. The van der Waals surface area contributed by atoms with Crippen molar-refractivity contribution < 1.29 is 13.2 Å². The largest absolute Gasteiger partial charge is 0.431 e. The number of aryl methyl sites for hydroxylation is 1. The van der Waals surface area contributed by atoms with Crippen LogP contribution in [0.2, 0.25) is 0 Å². The van der Waals surface area contributed by atoms with Crippen molar-refractivity contribution in [3.8, 4) is 11.3 Å². The predicted octanol–water partition coefficient (Wildman–Crippen LogP) is 1.67. The van der Waals surface area contributed by atoms with Crippen molar-refractivity contribution in [3.63, 3.8) is 0 Å². The van der Waals surface area contributed by atoms with Crippen LogP contribution in [0.4, 0.5) is 13.2 Å². The maximum atomic E-state index is 12.5. The molecule has 1 N–H and O–H groups in total. The second kappa shape index (κ2) is 4.28. The summed E-state index contributed by atoms with van der Waals surface area (Å²) in [5, 5.41) is 3.92. The van der Waals surface area contributed by atoms with E-state index in [1.165, 1.54) is 17.1 Å². The van der Waals surface area contributed by atoms with Crippen molar-refractivity contribution in [1.29, 1.82) is 0 Å². The number of alkyl halides is 3. The number of nitrogens with zero attached hydrogens (tertiary/aromatic N) is 3. The second-order valence-electron chi connectivity index (χ2n) is 3.57. The van der Waals surface area contributed by atoms with Crippen molar-refractivity contribution >= 4 is 0 Å². The number of H-pyrrole nitrogens is 1. The van der Waals surface area contributed by atoms with Crippen LogP contribution < -0.4 is 5.69 Å². The molecule has 0 radical (unpaired) electrons. The molecule has 0 bridgehead atoms. The summed E-state index contributed by atoms with van der Waals surface area (Å²) in [7, 11) is 0. The number of nitrogens with one attached hydrogen (secondary N) is 1. The summed E-state index contributed by atoms with van der Waals surface area (Å²) < 4.78 is 39.1. The molecule has 2 aromatic heterocycles. The van der Waals surface area contributed by atoms with Gasteiger partial charge in [0.1, 0.15) is 5.69 Å². The van der Waals surface area contributed by atoms with Crippen molar-refractivity contribution in [1.82, 2.24) is 19.7 Å².